The van der Waals surface area contributed by atoms with Crippen LogP contribution >= 0.6 is 11.3 Å². The highest BCUT2D eigenvalue weighted by molar-refractivity contribution is 7.11. The lowest BCUT2D eigenvalue weighted by atomic mass is 10.2. The zero-order chi connectivity index (χ0) is 12.5. The van der Waals surface area contributed by atoms with Gasteiger partial charge in [-0.25, -0.2) is 4.98 Å². The van der Waals surface area contributed by atoms with E-state index >= 15 is 0 Å². The van der Waals surface area contributed by atoms with Gasteiger partial charge in [-0.1, -0.05) is 0 Å². The molecule has 0 radical (unpaired) electrons. The van der Waals surface area contributed by atoms with Gasteiger partial charge in [0.2, 0.25) is 0 Å². The molecule has 2 rings (SSSR count). The van der Waals surface area contributed by atoms with Crippen molar-refractivity contribution in [1.29, 1.82) is 0 Å². The number of hydrogen-bond donors (Lipinski definition) is 1. The summed E-state index contributed by atoms with van der Waals surface area (Å²) in [6.07, 6.45) is -1.70. The zero-order valence-corrected chi connectivity index (χ0v) is 9.60. The molecule has 7 heteroatoms. The molecular weight excluding hydrogens is 253 g/mol. The second-order valence-electron chi connectivity index (χ2n) is 3.30. The Balaban J connectivity index is 2.30. The van der Waals surface area contributed by atoms with E-state index in [0.29, 0.717) is 22.0 Å². The fourth-order valence-electron chi connectivity index (χ4n) is 1.43. The van der Waals surface area contributed by atoms with Gasteiger partial charge in [0.15, 0.2) is 5.01 Å². The number of nitrogens with zero attached hydrogens (tertiary/aromatic N) is 1. The molecular formula is C10H9F3N2OS. The van der Waals surface area contributed by atoms with Crippen molar-refractivity contribution in [3.63, 3.8) is 0 Å². The molecule has 92 valence electrons. The lowest BCUT2D eigenvalue weighted by Gasteiger charge is -2.10. The molecule has 0 aliphatic carbocycles. The third kappa shape index (κ3) is 2.50. The maximum Gasteiger partial charge on any atom is 0.443 e. The Labute approximate surface area is 99.3 Å². The SMILES string of the molecule is CNC(c1ccco1)c1cnc(C(F)(F)F)s1. The van der Waals surface area contributed by atoms with Crippen LogP contribution < -0.4 is 5.32 Å². The molecule has 0 saturated carbocycles. The zero-order valence-electron chi connectivity index (χ0n) is 8.78. The molecule has 0 bridgehead atoms. The first-order valence-corrected chi connectivity index (χ1v) is 5.57. The molecule has 0 aliphatic rings. The van der Waals surface area contributed by atoms with Crippen molar-refractivity contribution in [3.8, 4) is 0 Å². The van der Waals surface area contributed by atoms with Crippen molar-refractivity contribution in [2.45, 2.75) is 12.2 Å². The molecule has 1 N–H and O–H groups in total. The number of furan rings is 1. The van der Waals surface area contributed by atoms with Gasteiger partial charge < -0.3 is 9.73 Å². The highest BCUT2D eigenvalue weighted by Gasteiger charge is 2.35. The van der Waals surface area contributed by atoms with E-state index < -0.39 is 17.2 Å². The van der Waals surface area contributed by atoms with Crippen molar-refractivity contribution in [2.75, 3.05) is 7.05 Å². The second-order valence-corrected chi connectivity index (χ2v) is 4.36. The first-order chi connectivity index (χ1) is 8.02. The molecule has 0 saturated heterocycles. The Morgan fingerprint density at radius 1 is 1.47 bits per heavy atom. The predicted octanol–water partition coefficient (Wildman–Crippen LogP) is 3.06. The van der Waals surface area contributed by atoms with E-state index in [0.717, 1.165) is 0 Å². The van der Waals surface area contributed by atoms with Crippen LogP contribution in [0.2, 0.25) is 0 Å². The Morgan fingerprint density at radius 2 is 2.24 bits per heavy atom. The van der Waals surface area contributed by atoms with E-state index in [2.05, 4.69) is 10.3 Å². The standard InChI is InChI=1S/C10H9F3N2OS/c1-14-8(6-3-2-4-16-6)7-5-15-9(17-7)10(11,12)13/h2-5,8,14H,1H3. The fraction of sp³-hybridized carbons (Fsp3) is 0.300. The van der Waals surface area contributed by atoms with Crippen molar-refractivity contribution >= 4 is 11.3 Å². The van der Waals surface area contributed by atoms with Crippen LogP contribution in [0.4, 0.5) is 13.2 Å². The average molecular weight is 262 g/mol. The van der Waals surface area contributed by atoms with Crippen LogP contribution in [0.5, 0.6) is 0 Å². The summed E-state index contributed by atoms with van der Waals surface area (Å²) in [7, 11) is 1.65. The third-order valence-electron chi connectivity index (χ3n) is 2.17. The molecule has 0 amide bonds. The summed E-state index contributed by atoms with van der Waals surface area (Å²) in [5.74, 6) is 0.560. The van der Waals surface area contributed by atoms with E-state index in [-0.39, 0.29) is 0 Å². The Hall–Kier alpha value is -1.34. The van der Waals surface area contributed by atoms with Gasteiger partial charge in [0.1, 0.15) is 11.8 Å². The topological polar surface area (TPSA) is 38.1 Å². The second kappa shape index (κ2) is 4.50. The monoisotopic (exact) mass is 262 g/mol. The van der Waals surface area contributed by atoms with Crippen LogP contribution in [0.25, 0.3) is 0 Å². The minimum Gasteiger partial charge on any atom is -0.467 e. The molecule has 2 aromatic rings. The number of thiazole rings is 1. The van der Waals surface area contributed by atoms with E-state index in [1.807, 2.05) is 0 Å². The van der Waals surface area contributed by atoms with E-state index in [9.17, 15) is 13.2 Å². The maximum absolute atomic E-state index is 12.4. The first-order valence-electron chi connectivity index (χ1n) is 4.76. The van der Waals surface area contributed by atoms with Gasteiger partial charge >= 0.3 is 6.18 Å². The molecule has 0 fully saturated rings. The van der Waals surface area contributed by atoms with Crippen molar-refractivity contribution < 1.29 is 17.6 Å². The number of nitrogens with one attached hydrogen (secondary N) is 1. The lowest BCUT2D eigenvalue weighted by molar-refractivity contribution is -0.137. The van der Waals surface area contributed by atoms with Crippen LogP contribution in [-0.4, -0.2) is 12.0 Å². The summed E-state index contributed by atoms with van der Waals surface area (Å²) in [5.41, 5.74) is 0. The molecule has 2 aromatic heterocycles. The number of alkyl halides is 3. The van der Waals surface area contributed by atoms with E-state index in [1.165, 1.54) is 12.5 Å². The minimum atomic E-state index is -4.40. The van der Waals surface area contributed by atoms with Crippen molar-refractivity contribution in [2.24, 2.45) is 0 Å². The largest absolute Gasteiger partial charge is 0.467 e. The number of hydrogen-bond acceptors (Lipinski definition) is 4. The van der Waals surface area contributed by atoms with Crippen LogP contribution in [0, 0.1) is 0 Å². The van der Waals surface area contributed by atoms with Gasteiger partial charge in [-0.15, -0.1) is 11.3 Å². The highest BCUT2D eigenvalue weighted by Crippen LogP contribution is 2.35. The van der Waals surface area contributed by atoms with Crippen LogP contribution in [0.15, 0.2) is 29.0 Å². The molecule has 0 spiro atoms. The number of aromatic nitrogens is 1. The van der Waals surface area contributed by atoms with Crippen molar-refractivity contribution in [1.82, 2.24) is 10.3 Å². The van der Waals surface area contributed by atoms with Crippen LogP contribution in [0.3, 0.4) is 0 Å². The molecule has 1 atom stereocenters. The lowest BCUT2D eigenvalue weighted by Crippen LogP contribution is -2.15. The van der Waals surface area contributed by atoms with Crippen LogP contribution in [-0.2, 0) is 6.18 Å². The summed E-state index contributed by atoms with van der Waals surface area (Å²) < 4.78 is 42.4. The number of halogens is 3. The summed E-state index contributed by atoms with van der Waals surface area (Å²) in [5, 5.41) is 2.05. The molecule has 2 heterocycles. The maximum atomic E-state index is 12.4. The number of rotatable bonds is 3. The molecule has 3 nitrogen and oxygen atoms in total. The Morgan fingerprint density at radius 3 is 2.71 bits per heavy atom. The van der Waals surface area contributed by atoms with Crippen molar-refractivity contribution in [3.05, 3.63) is 40.2 Å². The summed E-state index contributed by atoms with van der Waals surface area (Å²) in [4.78, 5) is 3.85. The Bertz CT molecular complexity index is 478. The highest BCUT2D eigenvalue weighted by atomic mass is 32.1. The third-order valence-corrected chi connectivity index (χ3v) is 3.27. The summed E-state index contributed by atoms with van der Waals surface area (Å²) >= 11 is 0.612. The van der Waals surface area contributed by atoms with Gasteiger partial charge in [0.05, 0.1) is 6.26 Å². The average Bonchev–Trinajstić information content (AvgIpc) is 2.87. The first kappa shape index (κ1) is 12.1. The van der Waals surface area contributed by atoms with E-state index in [4.69, 9.17) is 4.42 Å². The summed E-state index contributed by atoms with van der Waals surface area (Å²) in [6.45, 7) is 0. The minimum absolute atomic E-state index is 0.404. The normalized spacial score (nSPS) is 13.9. The van der Waals surface area contributed by atoms with Gasteiger partial charge in [-0.2, -0.15) is 13.2 Å². The quantitative estimate of drug-likeness (QED) is 0.923. The predicted molar refractivity (Wildman–Crippen MR) is 56.7 cm³/mol. The van der Waals surface area contributed by atoms with E-state index in [1.54, 1.807) is 19.2 Å². The molecule has 17 heavy (non-hydrogen) atoms. The Kier molecular flexibility index (Phi) is 3.21. The van der Waals surface area contributed by atoms with Gasteiger partial charge in [-0.05, 0) is 19.2 Å². The molecule has 0 aromatic carbocycles. The summed E-state index contributed by atoms with van der Waals surface area (Å²) in [6, 6.07) is 2.98. The fourth-order valence-corrected chi connectivity index (χ4v) is 2.33. The van der Waals surface area contributed by atoms with Gasteiger partial charge in [-0.3, -0.25) is 0 Å². The molecule has 0 aliphatic heterocycles. The molecule has 1 unspecified atom stereocenters. The van der Waals surface area contributed by atoms with Gasteiger partial charge in [0, 0.05) is 11.1 Å². The van der Waals surface area contributed by atoms with Gasteiger partial charge in [0.25, 0.3) is 0 Å². The smallest absolute Gasteiger partial charge is 0.443 e. The van der Waals surface area contributed by atoms with Crippen LogP contribution in [0.1, 0.15) is 21.7 Å².